The Bertz CT molecular complexity index is 3940. The van der Waals surface area contributed by atoms with Crippen molar-refractivity contribution in [2.24, 2.45) is 0 Å². The maximum Gasteiger partial charge on any atom is 0.354 e. The standard InChI is InChI=1S/C42H27N3O3.C19H12NS.Ir/c46-42(47)37-26-31(20-21-43-37)48-32-24-28(23-30(25-32)45-40-18-7-3-14-35(40)36-15-4-8-19-41(36)45)27-10-9-11-29(22-27)44-38-16-5-1-12-33(38)34-13-2-6-17-39(34)44;1-2-7-14(8-3-1)16-13-18(19-11-6-12-21-19)20-17-10-5-4-9-15(16)17;/h1-26H,(H,46,47);1-10,12-13H;/q;-1;. The third kappa shape index (κ3) is 8.22. The Labute approximate surface area is 420 Å². The number of pyridine rings is 2. The Morgan fingerprint density at radius 1 is 0.514 bits per heavy atom. The van der Waals surface area contributed by atoms with E-state index in [1.54, 1.807) is 17.4 Å². The number of aromatic carboxylic acids is 1. The molecule has 70 heavy (non-hydrogen) atoms. The number of nitrogens with zero attached hydrogens (tertiary/aromatic N) is 4. The number of hydrogen-bond acceptors (Lipinski definition) is 5. The molecule has 0 aliphatic rings. The molecule has 0 saturated heterocycles. The summed E-state index contributed by atoms with van der Waals surface area (Å²) in [5.41, 5.74) is 12.8. The Kier molecular flexibility index (Phi) is 11.9. The summed E-state index contributed by atoms with van der Waals surface area (Å²) in [6.45, 7) is 0. The summed E-state index contributed by atoms with van der Waals surface area (Å²) in [7, 11) is 0. The van der Waals surface area contributed by atoms with E-state index < -0.39 is 5.97 Å². The molecule has 0 spiro atoms. The Balaban J connectivity index is 0.000000202. The van der Waals surface area contributed by atoms with Gasteiger partial charge < -0.3 is 24.0 Å². The van der Waals surface area contributed by atoms with Crippen molar-refractivity contribution < 1.29 is 34.7 Å². The summed E-state index contributed by atoms with van der Waals surface area (Å²) < 4.78 is 11.0. The van der Waals surface area contributed by atoms with Gasteiger partial charge in [-0.15, -0.1) is 5.38 Å². The first kappa shape index (κ1) is 44.1. The maximum absolute atomic E-state index is 11.7. The van der Waals surface area contributed by atoms with E-state index in [9.17, 15) is 9.90 Å². The third-order valence-electron chi connectivity index (χ3n) is 12.4. The van der Waals surface area contributed by atoms with Gasteiger partial charge in [-0.1, -0.05) is 144 Å². The number of thiophene rings is 1. The summed E-state index contributed by atoms with van der Waals surface area (Å²) >= 11 is 1.67. The molecule has 13 rings (SSSR count). The Hall–Kier alpha value is -8.46. The van der Waals surface area contributed by atoms with Crippen LogP contribution in [0, 0.1) is 6.07 Å². The summed E-state index contributed by atoms with van der Waals surface area (Å²) in [6, 6.07) is 77.8. The number of carboxylic acid groups (broad SMARTS) is 1. The van der Waals surface area contributed by atoms with Crippen molar-refractivity contribution in [3.63, 3.8) is 0 Å². The molecular weight excluding hydrogens is 1060 g/mol. The van der Waals surface area contributed by atoms with Gasteiger partial charge in [-0.3, -0.25) is 0 Å². The zero-order chi connectivity index (χ0) is 46.3. The van der Waals surface area contributed by atoms with Crippen LogP contribution in [0.4, 0.5) is 0 Å². The van der Waals surface area contributed by atoms with Crippen LogP contribution >= 0.6 is 11.3 Å². The maximum atomic E-state index is 11.7. The molecule has 0 saturated carbocycles. The van der Waals surface area contributed by atoms with Gasteiger partial charge in [0.2, 0.25) is 0 Å². The van der Waals surface area contributed by atoms with E-state index in [0.717, 1.165) is 71.4 Å². The molecule has 0 aliphatic heterocycles. The van der Waals surface area contributed by atoms with Gasteiger partial charge >= 0.3 is 5.97 Å². The van der Waals surface area contributed by atoms with Gasteiger partial charge in [0.05, 0.1) is 33.3 Å². The minimum Gasteiger partial charge on any atom is -0.477 e. The molecule has 0 unspecified atom stereocenters. The van der Waals surface area contributed by atoms with Crippen LogP contribution in [0.25, 0.3) is 98.7 Å². The van der Waals surface area contributed by atoms with Crippen molar-refractivity contribution in [2.45, 2.75) is 0 Å². The van der Waals surface area contributed by atoms with E-state index in [4.69, 9.17) is 9.72 Å². The molecule has 0 bridgehead atoms. The van der Waals surface area contributed by atoms with Crippen molar-refractivity contribution in [1.82, 2.24) is 19.1 Å². The molecule has 7 nitrogen and oxygen atoms in total. The van der Waals surface area contributed by atoms with Gasteiger partial charge in [0.15, 0.2) is 5.69 Å². The normalized spacial score (nSPS) is 11.1. The van der Waals surface area contributed by atoms with Gasteiger partial charge in [-0.2, -0.15) is 12.1 Å². The smallest absolute Gasteiger partial charge is 0.354 e. The van der Waals surface area contributed by atoms with Gasteiger partial charge in [-0.25, -0.2) is 21.1 Å². The van der Waals surface area contributed by atoms with E-state index in [1.165, 1.54) is 39.5 Å². The van der Waals surface area contributed by atoms with Gasteiger partial charge in [0, 0.05) is 71.1 Å². The van der Waals surface area contributed by atoms with Crippen molar-refractivity contribution in [3.8, 4) is 55.7 Å². The van der Waals surface area contributed by atoms with Crippen LogP contribution in [0.5, 0.6) is 11.5 Å². The fourth-order valence-corrected chi connectivity index (χ4v) is 10.1. The van der Waals surface area contributed by atoms with Crippen molar-refractivity contribution >= 4 is 71.8 Å². The van der Waals surface area contributed by atoms with Gasteiger partial charge in [0.25, 0.3) is 0 Å². The number of aromatic nitrogens is 4. The van der Waals surface area contributed by atoms with Crippen LogP contribution in [-0.4, -0.2) is 30.2 Å². The third-order valence-corrected chi connectivity index (χ3v) is 13.3. The van der Waals surface area contributed by atoms with Crippen molar-refractivity contribution in [1.29, 1.82) is 0 Å². The quantitative estimate of drug-likeness (QED) is 0.153. The SMILES string of the molecule is O=C(O)c1cc(Oc2cc(-c3cccc(-n4c5ccccc5c5ccccc54)c3)cc(-n3c4ccccc4c4ccccc43)c2)ccn1.[Ir].[c-]1ccsc1-c1cc(-c2ccccc2)c2ccccc2n1. The molecule has 0 fully saturated rings. The van der Waals surface area contributed by atoms with E-state index >= 15 is 0 Å². The number of fused-ring (bicyclic) bond motifs is 7. The van der Waals surface area contributed by atoms with E-state index in [2.05, 4.69) is 196 Å². The minimum atomic E-state index is -1.11. The number of carbonyl (C=O) groups is 1. The molecular formula is C61H39IrN4O3S-. The molecule has 1 N–H and O–H groups in total. The van der Waals surface area contributed by atoms with Crippen LogP contribution in [0.15, 0.2) is 230 Å². The average Bonchev–Trinajstić information content (AvgIpc) is 4.15. The molecule has 0 aliphatic carbocycles. The molecule has 8 aromatic carbocycles. The van der Waals surface area contributed by atoms with E-state index in [1.807, 2.05) is 35.7 Å². The Morgan fingerprint density at radius 3 is 1.69 bits per heavy atom. The molecule has 0 amide bonds. The fraction of sp³-hybridized carbons (Fsp3) is 0. The number of rotatable bonds is 8. The van der Waals surface area contributed by atoms with Crippen LogP contribution in [0.2, 0.25) is 0 Å². The topological polar surface area (TPSA) is 82.2 Å². The summed E-state index contributed by atoms with van der Waals surface area (Å²) in [5, 5.41) is 17.5. The molecule has 9 heteroatoms. The number of benzene rings is 8. The summed E-state index contributed by atoms with van der Waals surface area (Å²) in [5.74, 6) is -0.136. The zero-order valence-electron chi connectivity index (χ0n) is 37.2. The summed E-state index contributed by atoms with van der Waals surface area (Å²) in [6.07, 6.45) is 1.45. The van der Waals surface area contributed by atoms with Gasteiger partial charge in [-0.05, 0) is 88.6 Å². The second-order valence-corrected chi connectivity index (χ2v) is 17.5. The van der Waals surface area contributed by atoms with Crippen molar-refractivity contribution in [3.05, 3.63) is 242 Å². The molecule has 1 radical (unpaired) electrons. The fourth-order valence-electron chi connectivity index (χ4n) is 9.42. The monoisotopic (exact) mass is 1100 g/mol. The second-order valence-electron chi connectivity index (χ2n) is 16.6. The van der Waals surface area contributed by atoms with Crippen LogP contribution in [-0.2, 0) is 20.1 Å². The van der Waals surface area contributed by atoms with Crippen molar-refractivity contribution in [2.75, 3.05) is 0 Å². The molecule has 5 heterocycles. The van der Waals surface area contributed by atoms with E-state index in [0.29, 0.717) is 11.5 Å². The number of carboxylic acids is 1. The predicted octanol–water partition coefficient (Wildman–Crippen LogP) is 15.9. The molecule has 13 aromatic rings. The number of hydrogen-bond donors (Lipinski definition) is 1. The minimum absolute atomic E-state index is 0. The zero-order valence-corrected chi connectivity index (χ0v) is 40.4. The first-order chi connectivity index (χ1) is 34.0. The van der Waals surface area contributed by atoms with Crippen LogP contribution < -0.4 is 4.74 Å². The first-order valence-electron chi connectivity index (χ1n) is 22.5. The van der Waals surface area contributed by atoms with Crippen LogP contribution in [0.3, 0.4) is 0 Å². The molecule has 5 aromatic heterocycles. The second kappa shape index (κ2) is 18.9. The largest absolute Gasteiger partial charge is 0.477 e. The predicted molar refractivity (Wildman–Crippen MR) is 281 cm³/mol. The number of para-hydroxylation sites is 5. The first-order valence-corrected chi connectivity index (χ1v) is 23.4. The molecule has 0 atom stereocenters. The number of ether oxygens (including phenoxy) is 1. The summed E-state index contributed by atoms with van der Waals surface area (Å²) in [4.78, 5) is 21.5. The van der Waals surface area contributed by atoms with Gasteiger partial charge in [0.1, 0.15) is 11.5 Å². The average molecular weight is 1100 g/mol. The van der Waals surface area contributed by atoms with E-state index in [-0.39, 0.29) is 25.8 Å². The van der Waals surface area contributed by atoms with Crippen LogP contribution in [0.1, 0.15) is 10.5 Å². The Morgan fingerprint density at radius 2 is 1.07 bits per heavy atom. The molecule has 337 valence electrons.